The Bertz CT molecular complexity index is 1320. The van der Waals surface area contributed by atoms with E-state index in [-0.39, 0.29) is 17.1 Å². The molecule has 1 atom stereocenters. The van der Waals surface area contributed by atoms with Crippen molar-refractivity contribution >= 4 is 27.5 Å². The van der Waals surface area contributed by atoms with Crippen LogP contribution in [0.3, 0.4) is 0 Å². The molecule has 196 valence electrons. The van der Waals surface area contributed by atoms with E-state index in [0.29, 0.717) is 22.8 Å². The number of rotatable bonds is 11. The third kappa shape index (κ3) is 6.91. The van der Waals surface area contributed by atoms with Gasteiger partial charge in [-0.3, -0.25) is 13.9 Å². The quantitative estimate of drug-likeness (QED) is 0.405. The second kappa shape index (κ2) is 12.4. The van der Waals surface area contributed by atoms with E-state index in [9.17, 15) is 26.8 Å². The number of nitrogens with one attached hydrogen (secondary N) is 1. The molecule has 0 saturated carbocycles. The number of nitrogens with zero attached hydrogens (tertiary/aromatic N) is 2. The number of halogens is 2. The van der Waals surface area contributed by atoms with E-state index in [2.05, 4.69) is 5.32 Å². The minimum atomic E-state index is -4.35. The highest BCUT2D eigenvalue weighted by Crippen LogP contribution is 2.26. The summed E-state index contributed by atoms with van der Waals surface area (Å²) < 4.78 is 56.1. The maximum absolute atomic E-state index is 14.8. The normalized spacial score (nSPS) is 12.0. The zero-order valence-corrected chi connectivity index (χ0v) is 21.4. The van der Waals surface area contributed by atoms with Crippen LogP contribution in [0.15, 0.2) is 83.8 Å². The molecule has 0 unspecified atom stereocenters. The highest BCUT2D eigenvalue weighted by Gasteiger charge is 2.33. The van der Waals surface area contributed by atoms with Crippen molar-refractivity contribution in [3.05, 3.63) is 96.1 Å². The minimum Gasteiger partial charge on any atom is -0.354 e. The van der Waals surface area contributed by atoms with E-state index in [0.717, 1.165) is 6.07 Å². The molecule has 0 spiro atoms. The van der Waals surface area contributed by atoms with Gasteiger partial charge < -0.3 is 10.2 Å². The minimum absolute atomic E-state index is 0.0870. The highest BCUT2D eigenvalue weighted by atomic mass is 32.2. The molecule has 3 aromatic carbocycles. The fourth-order valence-corrected chi connectivity index (χ4v) is 5.10. The van der Waals surface area contributed by atoms with Crippen LogP contribution in [0.2, 0.25) is 0 Å². The van der Waals surface area contributed by atoms with E-state index in [1.807, 2.05) is 6.92 Å². The lowest BCUT2D eigenvalue weighted by atomic mass is 10.1. The molecule has 0 saturated heterocycles. The lowest BCUT2D eigenvalue weighted by Gasteiger charge is -2.32. The summed E-state index contributed by atoms with van der Waals surface area (Å²) in [5, 5.41) is 2.73. The molecule has 10 heteroatoms. The Morgan fingerprint density at radius 3 is 2.16 bits per heavy atom. The van der Waals surface area contributed by atoms with Gasteiger partial charge in [-0.2, -0.15) is 0 Å². The van der Waals surface area contributed by atoms with E-state index >= 15 is 0 Å². The van der Waals surface area contributed by atoms with Crippen LogP contribution >= 0.6 is 0 Å². The summed E-state index contributed by atoms with van der Waals surface area (Å²) in [5.41, 5.74) is 0.234. The Balaban J connectivity index is 2.01. The number of hydrogen-bond donors (Lipinski definition) is 1. The molecule has 0 aromatic heterocycles. The fourth-order valence-electron chi connectivity index (χ4n) is 3.65. The van der Waals surface area contributed by atoms with Gasteiger partial charge in [-0.1, -0.05) is 49.4 Å². The maximum atomic E-state index is 14.8. The van der Waals surface area contributed by atoms with E-state index in [4.69, 9.17) is 0 Å². The second-order valence-corrected chi connectivity index (χ2v) is 10.3. The largest absolute Gasteiger partial charge is 0.354 e. The third-order valence-corrected chi connectivity index (χ3v) is 7.49. The molecule has 2 amide bonds. The first-order chi connectivity index (χ1) is 17.6. The molecule has 3 aromatic rings. The lowest BCUT2D eigenvalue weighted by Crippen LogP contribution is -2.51. The number of benzene rings is 3. The van der Waals surface area contributed by atoms with Gasteiger partial charge in [-0.25, -0.2) is 17.2 Å². The Morgan fingerprint density at radius 1 is 0.919 bits per heavy atom. The third-order valence-electron chi connectivity index (χ3n) is 5.71. The number of carbonyl (C=O) groups is 2. The molecule has 37 heavy (non-hydrogen) atoms. The number of para-hydroxylation sites is 1. The van der Waals surface area contributed by atoms with Crippen LogP contribution in [0.1, 0.15) is 25.8 Å². The Kier molecular flexibility index (Phi) is 9.35. The number of carbonyl (C=O) groups excluding carboxylic acids is 2. The first kappa shape index (κ1) is 27.8. The molecule has 1 N–H and O–H groups in total. The second-order valence-electron chi connectivity index (χ2n) is 8.39. The lowest BCUT2D eigenvalue weighted by molar-refractivity contribution is -0.139. The van der Waals surface area contributed by atoms with Crippen molar-refractivity contribution in [2.75, 3.05) is 17.4 Å². The summed E-state index contributed by atoms with van der Waals surface area (Å²) in [5.74, 6) is -2.45. The van der Waals surface area contributed by atoms with Gasteiger partial charge in [0.2, 0.25) is 11.8 Å². The molecule has 0 aliphatic heterocycles. The van der Waals surface area contributed by atoms with Gasteiger partial charge in [0.1, 0.15) is 24.2 Å². The Hall–Kier alpha value is -3.79. The molecule has 0 aliphatic carbocycles. The molecule has 0 heterocycles. The van der Waals surface area contributed by atoms with Crippen molar-refractivity contribution in [2.24, 2.45) is 0 Å². The van der Waals surface area contributed by atoms with Crippen molar-refractivity contribution < 1.29 is 26.8 Å². The first-order valence-electron chi connectivity index (χ1n) is 11.8. The molecule has 3 rings (SSSR count). The average molecular weight is 530 g/mol. The van der Waals surface area contributed by atoms with Gasteiger partial charge in [-0.05, 0) is 55.3 Å². The van der Waals surface area contributed by atoms with Gasteiger partial charge in [0.15, 0.2) is 0 Å². The average Bonchev–Trinajstić information content (AvgIpc) is 2.90. The number of sulfonamides is 1. The van der Waals surface area contributed by atoms with E-state index < -0.39 is 46.1 Å². The fraction of sp³-hybridized carbons (Fsp3) is 0.259. The molecule has 0 fully saturated rings. The van der Waals surface area contributed by atoms with Crippen molar-refractivity contribution in [1.29, 1.82) is 0 Å². The van der Waals surface area contributed by atoms with E-state index in [1.165, 1.54) is 78.6 Å². The summed E-state index contributed by atoms with van der Waals surface area (Å²) >= 11 is 0. The van der Waals surface area contributed by atoms with Gasteiger partial charge >= 0.3 is 0 Å². The molecule has 7 nitrogen and oxygen atoms in total. The monoisotopic (exact) mass is 529 g/mol. The standard InChI is InChI=1S/C27H29F2N3O4S/c1-3-17-30-27(34)20(2)31(18-21-13-15-22(28)16-14-21)26(33)19-32(25-12-8-7-11-24(25)29)37(35,36)23-9-5-4-6-10-23/h4-16,20H,3,17-19H2,1-2H3,(H,30,34)/t20-/m1/s1. The van der Waals surface area contributed by atoms with Crippen LogP contribution in [0, 0.1) is 11.6 Å². The molecular weight excluding hydrogens is 500 g/mol. The number of hydrogen-bond acceptors (Lipinski definition) is 4. The van der Waals surface area contributed by atoms with E-state index in [1.54, 1.807) is 6.07 Å². The van der Waals surface area contributed by atoms with Gasteiger partial charge in [0.25, 0.3) is 10.0 Å². The van der Waals surface area contributed by atoms with Gasteiger partial charge in [0.05, 0.1) is 10.6 Å². The number of amides is 2. The van der Waals surface area contributed by atoms with Crippen LogP contribution in [0.5, 0.6) is 0 Å². The molecule has 0 bridgehead atoms. The topological polar surface area (TPSA) is 86.8 Å². The van der Waals surface area contributed by atoms with Crippen LogP contribution in [-0.4, -0.2) is 44.3 Å². The predicted octanol–water partition coefficient (Wildman–Crippen LogP) is 4.10. The van der Waals surface area contributed by atoms with Crippen LogP contribution in [0.25, 0.3) is 0 Å². The van der Waals surface area contributed by atoms with Crippen molar-refractivity contribution in [3.63, 3.8) is 0 Å². The molecular formula is C27H29F2N3O4S. The van der Waals surface area contributed by atoms with Crippen LogP contribution < -0.4 is 9.62 Å². The Morgan fingerprint density at radius 2 is 1.54 bits per heavy atom. The number of anilines is 1. The van der Waals surface area contributed by atoms with Gasteiger partial charge in [-0.15, -0.1) is 0 Å². The first-order valence-corrected chi connectivity index (χ1v) is 13.2. The van der Waals surface area contributed by atoms with Crippen molar-refractivity contribution in [3.8, 4) is 0 Å². The van der Waals surface area contributed by atoms with Gasteiger partial charge in [0, 0.05) is 13.1 Å². The summed E-state index contributed by atoms with van der Waals surface area (Å²) in [6.45, 7) is 2.95. The maximum Gasteiger partial charge on any atom is 0.264 e. The zero-order valence-electron chi connectivity index (χ0n) is 20.6. The SMILES string of the molecule is CCCNC(=O)[C@@H](C)N(Cc1ccc(F)cc1)C(=O)CN(c1ccccc1F)S(=O)(=O)c1ccccc1. The predicted molar refractivity (Wildman–Crippen MR) is 137 cm³/mol. The highest BCUT2D eigenvalue weighted by molar-refractivity contribution is 7.92. The van der Waals surface area contributed by atoms with Crippen molar-refractivity contribution in [1.82, 2.24) is 10.2 Å². The molecule has 0 radical (unpaired) electrons. The summed E-state index contributed by atoms with van der Waals surface area (Å²) in [6.07, 6.45) is 0.681. The summed E-state index contributed by atoms with van der Waals surface area (Å²) in [7, 11) is -4.35. The summed E-state index contributed by atoms with van der Waals surface area (Å²) in [4.78, 5) is 27.5. The van der Waals surface area contributed by atoms with Crippen molar-refractivity contribution in [2.45, 2.75) is 37.8 Å². The summed E-state index contributed by atoms with van der Waals surface area (Å²) in [6, 6.07) is 17.1. The van der Waals surface area contributed by atoms with Crippen LogP contribution in [-0.2, 0) is 26.2 Å². The molecule has 0 aliphatic rings. The smallest absolute Gasteiger partial charge is 0.264 e. The Labute approximate surface area is 215 Å². The zero-order chi connectivity index (χ0) is 27.0. The van der Waals surface area contributed by atoms with Crippen LogP contribution in [0.4, 0.5) is 14.5 Å².